The summed E-state index contributed by atoms with van der Waals surface area (Å²) in [5.41, 5.74) is 1.97. The number of benzene rings is 2. The highest BCUT2D eigenvalue weighted by Gasteiger charge is 2.32. The summed E-state index contributed by atoms with van der Waals surface area (Å²) >= 11 is 5.65. The highest BCUT2D eigenvalue weighted by Crippen LogP contribution is 2.59. The van der Waals surface area contributed by atoms with Crippen LogP contribution in [-0.2, 0) is 20.9 Å². The van der Waals surface area contributed by atoms with E-state index in [1.54, 1.807) is 14.2 Å². The van der Waals surface area contributed by atoms with Crippen LogP contribution in [0, 0.1) is 0 Å². The van der Waals surface area contributed by atoms with E-state index < -0.39 is 6.49 Å². The Hall–Kier alpha value is -1.07. The molecule has 0 aliphatic heterocycles. The summed E-state index contributed by atoms with van der Waals surface area (Å²) < 4.78 is 11.1. The lowest BCUT2D eigenvalue weighted by Gasteiger charge is -2.32. The standard InChI is InChI=1S/C17H22NO3PS/c1-20-22(23,21-2)17(15-11-7-4-8-12-15)18-16(13-19)14-9-5-3-6-10-14/h3-12,16-19H,13H2,1-2H3/t16-,17+/m0/s1. The van der Waals surface area contributed by atoms with Gasteiger partial charge in [-0.25, -0.2) is 0 Å². The van der Waals surface area contributed by atoms with Crippen molar-refractivity contribution < 1.29 is 14.2 Å². The van der Waals surface area contributed by atoms with Crippen molar-refractivity contribution in [1.29, 1.82) is 0 Å². The van der Waals surface area contributed by atoms with Gasteiger partial charge >= 0.3 is 0 Å². The summed E-state index contributed by atoms with van der Waals surface area (Å²) in [6.45, 7) is -2.64. The molecule has 23 heavy (non-hydrogen) atoms. The highest BCUT2D eigenvalue weighted by molar-refractivity contribution is 8.10. The van der Waals surface area contributed by atoms with Crippen LogP contribution in [0.15, 0.2) is 60.7 Å². The van der Waals surface area contributed by atoms with Crippen molar-refractivity contribution >= 4 is 18.3 Å². The molecule has 0 fully saturated rings. The quantitative estimate of drug-likeness (QED) is 0.712. The zero-order valence-electron chi connectivity index (χ0n) is 13.3. The maximum atomic E-state index is 9.82. The zero-order valence-corrected chi connectivity index (χ0v) is 15.0. The lowest BCUT2D eigenvalue weighted by molar-refractivity contribution is 0.235. The first kappa shape index (κ1) is 18.3. The van der Waals surface area contributed by atoms with Gasteiger partial charge < -0.3 is 14.2 Å². The van der Waals surface area contributed by atoms with E-state index in [1.165, 1.54) is 0 Å². The molecule has 6 heteroatoms. The van der Waals surface area contributed by atoms with Crippen molar-refractivity contribution in [3.8, 4) is 0 Å². The van der Waals surface area contributed by atoms with Gasteiger partial charge in [0.15, 0.2) is 0 Å². The largest absolute Gasteiger partial charge is 0.394 e. The van der Waals surface area contributed by atoms with E-state index >= 15 is 0 Å². The van der Waals surface area contributed by atoms with E-state index in [1.807, 2.05) is 60.7 Å². The van der Waals surface area contributed by atoms with Gasteiger partial charge in [-0.05, 0) is 22.9 Å². The van der Waals surface area contributed by atoms with E-state index in [4.69, 9.17) is 20.9 Å². The van der Waals surface area contributed by atoms with E-state index in [0.29, 0.717) is 0 Å². The first-order valence-corrected chi connectivity index (χ1v) is 10.0. The van der Waals surface area contributed by atoms with Crippen LogP contribution in [0.2, 0.25) is 0 Å². The van der Waals surface area contributed by atoms with E-state index in [9.17, 15) is 5.11 Å². The Morgan fingerprint density at radius 2 is 1.43 bits per heavy atom. The second-order valence-corrected chi connectivity index (χ2v) is 8.88. The highest BCUT2D eigenvalue weighted by atomic mass is 32.5. The topological polar surface area (TPSA) is 50.7 Å². The third-order valence-electron chi connectivity index (χ3n) is 3.68. The Kier molecular flexibility index (Phi) is 6.90. The van der Waals surface area contributed by atoms with Crippen molar-refractivity contribution in [1.82, 2.24) is 5.32 Å². The van der Waals surface area contributed by atoms with Crippen LogP contribution in [0.3, 0.4) is 0 Å². The predicted octanol–water partition coefficient (Wildman–Crippen LogP) is 3.61. The number of hydrogen-bond acceptors (Lipinski definition) is 5. The molecule has 2 aromatic rings. The van der Waals surface area contributed by atoms with Crippen LogP contribution < -0.4 is 5.32 Å². The van der Waals surface area contributed by atoms with Crippen molar-refractivity contribution in [3.63, 3.8) is 0 Å². The zero-order chi connectivity index (χ0) is 16.7. The Bertz CT molecular complexity index is 631. The molecule has 2 atom stereocenters. The Morgan fingerprint density at radius 3 is 1.87 bits per heavy atom. The van der Waals surface area contributed by atoms with Crippen LogP contribution >= 0.6 is 6.49 Å². The Balaban J connectivity index is 2.36. The summed E-state index contributed by atoms with van der Waals surface area (Å²) in [4.78, 5) is 0. The number of aliphatic hydroxyl groups excluding tert-OH is 1. The molecule has 2 rings (SSSR count). The first-order valence-electron chi connectivity index (χ1n) is 7.32. The van der Waals surface area contributed by atoms with Crippen LogP contribution in [0.4, 0.5) is 0 Å². The number of aliphatic hydroxyl groups is 1. The second-order valence-electron chi connectivity index (χ2n) is 5.03. The van der Waals surface area contributed by atoms with E-state index in [2.05, 4.69) is 5.32 Å². The lowest BCUT2D eigenvalue weighted by Crippen LogP contribution is -2.29. The fourth-order valence-electron chi connectivity index (χ4n) is 2.42. The molecule has 4 nitrogen and oxygen atoms in total. The fraction of sp³-hybridized carbons (Fsp3) is 0.294. The average molecular weight is 351 g/mol. The minimum atomic E-state index is -2.59. The monoisotopic (exact) mass is 351 g/mol. The maximum absolute atomic E-state index is 9.82. The Morgan fingerprint density at radius 1 is 0.957 bits per heavy atom. The summed E-state index contributed by atoms with van der Waals surface area (Å²) in [6.07, 6.45) is 0. The molecule has 2 aromatic carbocycles. The molecule has 0 bridgehead atoms. The first-order chi connectivity index (χ1) is 11.1. The SMILES string of the molecule is COP(=S)(OC)[C@@H](N[C@@H](CO)c1ccccc1)c1ccccc1. The molecule has 0 saturated heterocycles. The van der Waals surface area contributed by atoms with Gasteiger partial charge in [0, 0.05) is 14.2 Å². The normalized spacial score (nSPS) is 14.4. The number of rotatable bonds is 8. The van der Waals surface area contributed by atoms with Gasteiger partial charge in [0.2, 0.25) is 6.49 Å². The smallest absolute Gasteiger partial charge is 0.209 e. The summed E-state index contributed by atoms with van der Waals surface area (Å²) in [5.74, 6) is -0.314. The van der Waals surface area contributed by atoms with Crippen LogP contribution in [0.25, 0.3) is 0 Å². The van der Waals surface area contributed by atoms with Gasteiger partial charge in [-0.15, -0.1) is 0 Å². The molecular formula is C17H22NO3PS. The molecule has 0 aromatic heterocycles. The van der Waals surface area contributed by atoms with Crippen LogP contribution in [0.5, 0.6) is 0 Å². The molecule has 0 aliphatic rings. The molecule has 0 saturated carbocycles. The summed E-state index contributed by atoms with van der Waals surface area (Å²) in [6, 6.07) is 19.3. The molecule has 0 spiro atoms. The average Bonchev–Trinajstić information content (AvgIpc) is 2.63. The molecule has 2 N–H and O–H groups in total. The number of nitrogens with one attached hydrogen (secondary N) is 1. The Labute approximate surface area is 142 Å². The van der Waals surface area contributed by atoms with Gasteiger partial charge in [0.1, 0.15) is 5.78 Å². The van der Waals surface area contributed by atoms with Gasteiger partial charge in [0.25, 0.3) is 0 Å². The van der Waals surface area contributed by atoms with Gasteiger partial charge in [-0.2, -0.15) is 0 Å². The van der Waals surface area contributed by atoms with Crippen molar-refractivity contribution in [2.24, 2.45) is 0 Å². The number of hydrogen-bond donors (Lipinski definition) is 2. The second kappa shape index (κ2) is 8.69. The third kappa shape index (κ3) is 4.48. The lowest BCUT2D eigenvalue weighted by atomic mass is 10.1. The van der Waals surface area contributed by atoms with Gasteiger partial charge in [0.05, 0.1) is 12.6 Å². The summed E-state index contributed by atoms with van der Waals surface area (Å²) in [7, 11) is 3.14. The minimum Gasteiger partial charge on any atom is -0.394 e. The van der Waals surface area contributed by atoms with Crippen molar-refractivity contribution in [3.05, 3.63) is 71.8 Å². The van der Waals surface area contributed by atoms with E-state index in [0.717, 1.165) is 11.1 Å². The molecule has 0 radical (unpaired) electrons. The molecule has 124 valence electrons. The van der Waals surface area contributed by atoms with Crippen LogP contribution in [-0.4, -0.2) is 25.9 Å². The third-order valence-corrected chi connectivity index (χ3v) is 7.31. The summed E-state index contributed by atoms with van der Waals surface area (Å²) in [5, 5.41) is 13.2. The predicted molar refractivity (Wildman–Crippen MR) is 96.9 cm³/mol. The van der Waals surface area contributed by atoms with E-state index in [-0.39, 0.29) is 18.4 Å². The maximum Gasteiger partial charge on any atom is 0.209 e. The fourth-order valence-corrected chi connectivity index (χ4v) is 4.44. The minimum absolute atomic E-state index is 0.0455. The molecule has 0 aliphatic carbocycles. The molecule has 0 heterocycles. The van der Waals surface area contributed by atoms with Crippen molar-refractivity contribution in [2.75, 3.05) is 20.8 Å². The van der Waals surface area contributed by atoms with Gasteiger partial charge in [-0.3, -0.25) is 5.32 Å². The van der Waals surface area contributed by atoms with Gasteiger partial charge in [-0.1, -0.05) is 60.7 Å². The molecule has 0 amide bonds. The molecule has 0 unspecified atom stereocenters. The molecular weight excluding hydrogens is 329 g/mol. The van der Waals surface area contributed by atoms with Crippen LogP contribution in [0.1, 0.15) is 23.0 Å². The van der Waals surface area contributed by atoms with Crippen molar-refractivity contribution in [2.45, 2.75) is 11.8 Å².